The average Bonchev–Trinajstić information content (AvgIpc) is 2.37. The minimum Gasteiger partial charge on any atom is -0.393 e. The fraction of sp³-hybridized carbons (Fsp3) is 0.571. The molecular weight excluding hydrogens is 269 g/mol. The van der Waals surface area contributed by atoms with Crippen LogP contribution in [0.15, 0.2) is 18.2 Å². The minimum absolute atomic E-state index is 0.162. The summed E-state index contributed by atoms with van der Waals surface area (Å²) in [5.74, 6) is 0.399. The number of halogens is 2. The summed E-state index contributed by atoms with van der Waals surface area (Å²) >= 11 is 12.0. The fourth-order valence-corrected chi connectivity index (χ4v) is 3.22. The van der Waals surface area contributed by atoms with Crippen LogP contribution < -0.4 is 5.73 Å². The van der Waals surface area contributed by atoms with Gasteiger partial charge in [0.15, 0.2) is 0 Å². The van der Waals surface area contributed by atoms with Gasteiger partial charge in [-0.3, -0.25) is 0 Å². The van der Waals surface area contributed by atoms with Crippen molar-refractivity contribution in [3.8, 4) is 0 Å². The smallest absolute Gasteiger partial charge is 0.0595 e. The maximum Gasteiger partial charge on any atom is 0.0595 e. The molecular formula is C14H19Cl2NO. The Bertz CT molecular complexity index is 411. The summed E-state index contributed by atoms with van der Waals surface area (Å²) < 4.78 is 0. The molecule has 0 radical (unpaired) electrons. The minimum atomic E-state index is -0.248. The van der Waals surface area contributed by atoms with Crippen LogP contribution >= 0.6 is 23.2 Å². The normalized spacial score (nSPS) is 26.0. The average molecular weight is 288 g/mol. The molecule has 2 rings (SSSR count). The second kappa shape index (κ2) is 6.25. The Kier molecular flexibility index (Phi) is 4.91. The summed E-state index contributed by atoms with van der Waals surface area (Å²) in [4.78, 5) is 0. The van der Waals surface area contributed by atoms with Crippen LogP contribution in [0.4, 0.5) is 0 Å². The molecule has 0 amide bonds. The first kappa shape index (κ1) is 14.1. The summed E-state index contributed by atoms with van der Waals surface area (Å²) in [6, 6.07) is 5.65. The Morgan fingerprint density at radius 3 is 2.56 bits per heavy atom. The van der Waals surface area contributed by atoms with Gasteiger partial charge < -0.3 is 10.8 Å². The molecule has 1 fully saturated rings. The van der Waals surface area contributed by atoms with Crippen LogP contribution in [0.5, 0.6) is 0 Å². The third kappa shape index (κ3) is 3.00. The van der Waals surface area contributed by atoms with E-state index in [0.29, 0.717) is 16.6 Å². The lowest BCUT2D eigenvalue weighted by Gasteiger charge is -2.34. The lowest BCUT2D eigenvalue weighted by molar-refractivity contribution is 0.0561. The second-order valence-electron chi connectivity index (χ2n) is 5.03. The van der Waals surface area contributed by atoms with Gasteiger partial charge in [0.1, 0.15) is 0 Å². The molecule has 0 saturated heterocycles. The Morgan fingerprint density at radius 2 is 1.94 bits per heavy atom. The monoisotopic (exact) mass is 287 g/mol. The molecule has 3 N–H and O–H groups in total. The zero-order chi connectivity index (χ0) is 13.1. The number of benzene rings is 1. The van der Waals surface area contributed by atoms with Gasteiger partial charge in [-0.2, -0.15) is 0 Å². The molecule has 1 aliphatic carbocycles. The van der Waals surface area contributed by atoms with E-state index < -0.39 is 0 Å². The molecule has 1 unspecified atom stereocenters. The lowest BCUT2D eigenvalue weighted by atomic mass is 9.75. The summed E-state index contributed by atoms with van der Waals surface area (Å²) in [5, 5.41) is 11.3. The van der Waals surface area contributed by atoms with Crippen LogP contribution in [0.25, 0.3) is 0 Å². The molecule has 2 nitrogen and oxygen atoms in total. The van der Waals surface area contributed by atoms with E-state index in [0.717, 1.165) is 24.8 Å². The zero-order valence-electron chi connectivity index (χ0n) is 10.3. The third-order valence-electron chi connectivity index (χ3n) is 3.92. The van der Waals surface area contributed by atoms with Crippen molar-refractivity contribution in [3.63, 3.8) is 0 Å². The van der Waals surface area contributed by atoms with Crippen molar-refractivity contribution in [2.24, 2.45) is 11.7 Å². The van der Waals surface area contributed by atoms with Gasteiger partial charge in [0.05, 0.1) is 16.1 Å². The number of hydrogen-bond acceptors (Lipinski definition) is 2. The van der Waals surface area contributed by atoms with E-state index in [4.69, 9.17) is 28.9 Å². The molecule has 0 aliphatic heterocycles. The third-order valence-corrected chi connectivity index (χ3v) is 4.66. The van der Waals surface area contributed by atoms with Gasteiger partial charge in [0.2, 0.25) is 0 Å². The maximum absolute atomic E-state index is 10.1. The van der Waals surface area contributed by atoms with Crippen molar-refractivity contribution in [2.45, 2.75) is 37.7 Å². The summed E-state index contributed by atoms with van der Waals surface area (Å²) in [7, 11) is 0. The molecule has 1 aromatic rings. The van der Waals surface area contributed by atoms with Crippen molar-refractivity contribution < 1.29 is 5.11 Å². The van der Waals surface area contributed by atoms with Gasteiger partial charge in [-0.15, -0.1) is 0 Å². The van der Waals surface area contributed by atoms with Crippen LogP contribution in [-0.2, 0) is 0 Å². The first-order valence-corrected chi connectivity index (χ1v) is 7.22. The standard InChI is InChI=1S/C14H19Cl2NO/c15-12-6-5-9(7-13(12)16)11(8-17)10-3-1-2-4-14(10)18/h5-7,10-11,14,18H,1-4,8,17H2/t10-,11?,14-/m0/s1. The Hall–Kier alpha value is -0.280. The molecule has 1 saturated carbocycles. The second-order valence-corrected chi connectivity index (χ2v) is 5.85. The lowest BCUT2D eigenvalue weighted by Crippen LogP contribution is -2.33. The zero-order valence-corrected chi connectivity index (χ0v) is 11.8. The predicted molar refractivity (Wildman–Crippen MR) is 76.2 cm³/mol. The van der Waals surface area contributed by atoms with E-state index in [1.165, 1.54) is 6.42 Å². The van der Waals surface area contributed by atoms with Crippen molar-refractivity contribution in [3.05, 3.63) is 33.8 Å². The van der Waals surface area contributed by atoms with E-state index in [2.05, 4.69) is 0 Å². The quantitative estimate of drug-likeness (QED) is 0.893. The molecule has 1 aliphatic rings. The Labute approximate surface area is 118 Å². The largest absolute Gasteiger partial charge is 0.393 e. The SMILES string of the molecule is NCC(c1ccc(Cl)c(Cl)c1)[C@@H]1CCCC[C@@H]1O. The highest BCUT2D eigenvalue weighted by Gasteiger charge is 2.30. The van der Waals surface area contributed by atoms with Gasteiger partial charge in [0, 0.05) is 5.92 Å². The summed E-state index contributed by atoms with van der Waals surface area (Å²) in [6.07, 6.45) is 3.93. The highest BCUT2D eigenvalue weighted by Crippen LogP contribution is 2.37. The summed E-state index contributed by atoms with van der Waals surface area (Å²) in [6.45, 7) is 0.527. The molecule has 100 valence electrons. The van der Waals surface area contributed by atoms with E-state index in [1.54, 1.807) is 6.07 Å². The van der Waals surface area contributed by atoms with Crippen LogP contribution in [0, 0.1) is 5.92 Å². The first-order chi connectivity index (χ1) is 8.63. The van der Waals surface area contributed by atoms with E-state index in [9.17, 15) is 5.11 Å². The van der Waals surface area contributed by atoms with E-state index >= 15 is 0 Å². The molecule has 0 spiro atoms. The number of aliphatic hydroxyl groups excluding tert-OH is 1. The van der Waals surface area contributed by atoms with Gasteiger partial charge in [-0.25, -0.2) is 0 Å². The van der Waals surface area contributed by atoms with Crippen LogP contribution in [-0.4, -0.2) is 17.8 Å². The highest BCUT2D eigenvalue weighted by molar-refractivity contribution is 6.42. The van der Waals surface area contributed by atoms with Gasteiger partial charge in [0.25, 0.3) is 0 Å². The van der Waals surface area contributed by atoms with Crippen LogP contribution in [0.1, 0.15) is 37.2 Å². The van der Waals surface area contributed by atoms with Crippen LogP contribution in [0.3, 0.4) is 0 Å². The fourth-order valence-electron chi connectivity index (χ4n) is 2.91. The van der Waals surface area contributed by atoms with Crippen molar-refractivity contribution >= 4 is 23.2 Å². The summed E-state index contributed by atoms with van der Waals surface area (Å²) in [5.41, 5.74) is 6.98. The van der Waals surface area contributed by atoms with Gasteiger partial charge >= 0.3 is 0 Å². The highest BCUT2D eigenvalue weighted by atomic mass is 35.5. The van der Waals surface area contributed by atoms with Crippen molar-refractivity contribution in [1.29, 1.82) is 0 Å². The Balaban J connectivity index is 2.23. The van der Waals surface area contributed by atoms with Gasteiger partial charge in [-0.05, 0) is 43.0 Å². The van der Waals surface area contributed by atoms with E-state index in [-0.39, 0.29) is 17.9 Å². The van der Waals surface area contributed by atoms with Gasteiger partial charge in [-0.1, -0.05) is 42.1 Å². The number of aliphatic hydroxyl groups is 1. The molecule has 0 heterocycles. The first-order valence-electron chi connectivity index (χ1n) is 6.46. The molecule has 4 heteroatoms. The maximum atomic E-state index is 10.1. The van der Waals surface area contributed by atoms with Crippen molar-refractivity contribution in [1.82, 2.24) is 0 Å². The van der Waals surface area contributed by atoms with Crippen LogP contribution in [0.2, 0.25) is 10.0 Å². The predicted octanol–water partition coefficient (Wildman–Crippen LogP) is 3.59. The molecule has 1 aromatic carbocycles. The molecule has 18 heavy (non-hydrogen) atoms. The molecule has 0 aromatic heterocycles. The number of hydrogen-bond donors (Lipinski definition) is 2. The number of nitrogens with two attached hydrogens (primary N) is 1. The van der Waals surface area contributed by atoms with E-state index in [1.807, 2.05) is 12.1 Å². The number of rotatable bonds is 3. The topological polar surface area (TPSA) is 46.2 Å². The Morgan fingerprint density at radius 1 is 1.22 bits per heavy atom. The molecule has 3 atom stereocenters. The van der Waals surface area contributed by atoms with Crippen molar-refractivity contribution in [2.75, 3.05) is 6.54 Å². The molecule has 0 bridgehead atoms.